The van der Waals surface area contributed by atoms with E-state index in [1.54, 1.807) is 4.90 Å². The minimum atomic E-state index is -1.12. The lowest BCUT2D eigenvalue weighted by Crippen LogP contribution is -2.55. The summed E-state index contributed by atoms with van der Waals surface area (Å²) < 4.78 is 5.40. The van der Waals surface area contributed by atoms with Crippen LogP contribution in [0.1, 0.15) is 43.2 Å². The molecule has 1 fully saturated rings. The number of aliphatic hydroxyl groups excluding tert-OH is 1. The van der Waals surface area contributed by atoms with E-state index in [9.17, 15) is 19.8 Å². The summed E-state index contributed by atoms with van der Waals surface area (Å²) in [6.07, 6.45) is -0.367. The number of aromatic carboxylic acids is 1. The van der Waals surface area contributed by atoms with Crippen LogP contribution in [0.5, 0.6) is 0 Å². The van der Waals surface area contributed by atoms with Gasteiger partial charge in [0.25, 0.3) is 0 Å². The van der Waals surface area contributed by atoms with Crippen LogP contribution in [-0.4, -0.2) is 63.4 Å². The zero-order valence-corrected chi connectivity index (χ0v) is 15.1. The largest absolute Gasteiger partial charge is 0.476 e. The van der Waals surface area contributed by atoms with Crippen LogP contribution in [0.4, 0.5) is 9.80 Å². The van der Waals surface area contributed by atoms with Crippen LogP contribution in [0.3, 0.4) is 0 Å². The summed E-state index contributed by atoms with van der Waals surface area (Å²) in [6, 6.07) is -0.130. The number of amides is 1. The van der Waals surface area contributed by atoms with E-state index in [4.69, 9.17) is 4.74 Å². The van der Waals surface area contributed by atoms with E-state index in [-0.39, 0.29) is 24.4 Å². The van der Waals surface area contributed by atoms with Crippen molar-refractivity contribution in [1.82, 2.24) is 9.88 Å². The Kier molecular flexibility index (Phi) is 5.34. The molecular weight excluding hydrogens is 334 g/mol. The molecular formula is C15H23N3O5S. The number of hydrogen-bond acceptors (Lipinski definition) is 7. The molecule has 1 amide bonds. The second kappa shape index (κ2) is 6.94. The van der Waals surface area contributed by atoms with Gasteiger partial charge >= 0.3 is 12.1 Å². The number of carbonyl (C=O) groups is 2. The Hall–Kier alpha value is -1.87. The third kappa shape index (κ3) is 4.15. The van der Waals surface area contributed by atoms with Crippen molar-refractivity contribution in [2.75, 3.05) is 24.5 Å². The average Bonchev–Trinajstić information content (AvgIpc) is 2.89. The van der Waals surface area contributed by atoms with Crippen LogP contribution < -0.4 is 4.90 Å². The fraction of sp³-hybridized carbons (Fsp3) is 0.667. The standard InChI is InChI=1S/C15H23N3O5S/c1-9-7-17(5-6-18(9)14(22)23-15(2,3)4)12-11(13(20)21)16-10(8-19)24-12/h9,19H,5-8H2,1-4H3,(H,20,21). The topological polar surface area (TPSA) is 103 Å². The van der Waals surface area contributed by atoms with Gasteiger partial charge in [-0.1, -0.05) is 11.3 Å². The Morgan fingerprint density at radius 1 is 1.38 bits per heavy atom. The SMILES string of the molecule is CC1CN(c2sc(CO)nc2C(=O)O)CCN1C(=O)OC(C)(C)C. The number of aromatic nitrogens is 1. The molecule has 134 valence electrons. The molecule has 1 aromatic heterocycles. The van der Waals surface area contributed by atoms with Gasteiger partial charge in [0.2, 0.25) is 0 Å². The molecule has 1 aliphatic rings. The maximum absolute atomic E-state index is 12.2. The summed E-state index contributed by atoms with van der Waals surface area (Å²) in [4.78, 5) is 31.1. The molecule has 9 heteroatoms. The lowest BCUT2D eigenvalue weighted by Gasteiger charge is -2.40. The normalized spacial score (nSPS) is 18.6. The number of carbonyl (C=O) groups excluding carboxylic acids is 1. The molecule has 2 rings (SSSR count). The first-order valence-corrected chi connectivity index (χ1v) is 8.52. The van der Waals surface area contributed by atoms with Crippen molar-refractivity contribution in [3.8, 4) is 0 Å². The van der Waals surface area contributed by atoms with Crippen molar-refractivity contribution in [3.63, 3.8) is 0 Å². The Labute approximate surface area is 144 Å². The Bertz CT molecular complexity index is 625. The molecule has 1 atom stereocenters. The van der Waals surface area contributed by atoms with Crippen LogP contribution in [0.2, 0.25) is 0 Å². The zero-order valence-electron chi connectivity index (χ0n) is 14.3. The second-order valence-corrected chi connectivity index (χ2v) is 7.76. The zero-order chi connectivity index (χ0) is 18.1. The molecule has 0 aromatic carbocycles. The number of carboxylic acids is 1. The highest BCUT2D eigenvalue weighted by Gasteiger charge is 2.33. The summed E-state index contributed by atoms with van der Waals surface area (Å²) in [5.41, 5.74) is -0.611. The van der Waals surface area contributed by atoms with Crippen LogP contribution >= 0.6 is 11.3 Å². The highest BCUT2D eigenvalue weighted by molar-refractivity contribution is 7.16. The number of ether oxygens (including phenoxy) is 1. The summed E-state index contributed by atoms with van der Waals surface area (Å²) in [7, 11) is 0. The summed E-state index contributed by atoms with van der Waals surface area (Å²) in [6.45, 7) is 8.45. The first kappa shape index (κ1) is 18.5. The van der Waals surface area contributed by atoms with E-state index in [1.807, 2.05) is 32.6 Å². The van der Waals surface area contributed by atoms with Crippen molar-refractivity contribution in [2.24, 2.45) is 0 Å². The minimum absolute atomic E-state index is 0.0537. The number of thiazole rings is 1. The predicted octanol–water partition coefficient (Wildman–Crippen LogP) is 1.78. The number of rotatable bonds is 3. The fourth-order valence-electron chi connectivity index (χ4n) is 2.51. The third-order valence-electron chi connectivity index (χ3n) is 3.53. The lowest BCUT2D eigenvalue weighted by atomic mass is 10.2. The van der Waals surface area contributed by atoms with Crippen LogP contribution in [0.15, 0.2) is 0 Å². The van der Waals surface area contributed by atoms with Crippen LogP contribution in [0.25, 0.3) is 0 Å². The predicted molar refractivity (Wildman–Crippen MR) is 89.6 cm³/mol. The molecule has 1 aromatic rings. The average molecular weight is 357 g/mol. The van der Waals surface area contributed by atoms with Gasteiger partial charge in [-0.3, -0.25) is 0 Å². The van der Waals surface area contributed by atoms with E-state index >= 15 is 0 Å². The maximum atomic E-state index is 12.2. The van der Waals surface area contributed by atoms with Gasteiger partial charge in [-0.25, -0.2) is 14.6 Å². The van der Waals surface area contributed by atoms with Gasteiger partial charge in [0.15, 0.2) is 5.69 Å². The highest BCUT2D eigenvalue weighted by atomic mass is 32.1. The highest BCUT2D eigenvalue weighted by Crippen LogP contribution is 2.31. The van der Waals surface area contributed by atoms with E-state index in [0.29, 0.717) is 29.6 Å². The van der Waals surface area contributed by atoms with Gasteiger partial charge < -0.3 is 24.7 Å². The molecule has 8 nitrogen and oxygen atoms in total. The van der Waals surface area contributed by atoms with Gasteiger partial charge in [0.1, 0.15) is 15.6 Å². The molecule has 0 aliphatic carbocycles. The third-order valence-corrected chi connectivity index (χ3v) is 4.64. The molecule has 1 unspecified atom stereocenters. The lowest BCUT2D eigenvalue weighted by molar-refractivity contribution is 0.0158. The van der Waals surface area contributed by atoms with Crippen molar-refractivity contribution >= 4 is 28.4 Å². The van der Waals surface area contributed by atoms with E-state index < -0.39 is 11.6 Å². The van der Waals surface area contributed by atoms with Gasteiger partial charge in [-0.15, -0.1) is 0 Å². The number of carboxylic acid groups (broad SMARTS) is 1. The van der Waals surface area contributed by atoms with Crippen molar-refractivity contribution in [2.45, 2.75) is 45.9 Å². The van der Waals surface area contributed by atoms with Gasteiger partial charge in [0, 0.05) is 25.7 Å². The Balaban J connectivity index is 2.12. The van der Waals surface area contributed by atoms with Crippen molar-refractivity contribution < 1.29 is 24.5 Å². The summed E-state index contributed by atoms with van der Waals surface area (Å²) >= 11 is 1.17. The molecule has 1 aliphatic heterocycles. The van der Waals surface area contributed by atoms with E-state index in [1.165, 1.54) is 11.3 Å². The number of piperazine rings is 1. The minimum Gasteiger partial charge on any atom is -0.476 e. The van der Waals surface area contributed by atoms with Crippen molar-refractivity contribution in [3.05, 3.63) is 10.7 Å². The summed E-state index contributed by atoms with van der Waals surface area (Å²) in [5, 5.41) is 19.4. The van der Waals surface area contributed by atoms with Crippen molar-refractivity contribution in [1.29, 1.82) is 0 Å². The molecule has 0 spiro atoms. The molecule has 0 saturated carbocycles. The van der Waals surface area contributed by atoms with E-state index in [2.05, 4.69) is 4.98 Å². The van der Waals surface area contributed by atoms with Gasteiger partial charge in [-0.05, 0) is 27.7 Å². The first-order valence-electron chi connectivity index (χ1n) is 7.71. The van der Waals surface area contributed by atoms with Gasteiger partial charge in [-0.2, -0.15) is 0 Å². The quantitative estimate of drug-likeness (QED) is 0.850. The number of nitrogens with zero attached hydrogens (tertiary/aromatic N) is 3. The molecule has 24 heavy (non-hydrogen) atoms. The number of aliphatic hydroxyl groups is 1. The molecule has 0 radical (unpaired) electrons. The Morgan fingerprint density at radius 2 is 2.04 bits per heavy atom. The van der Waals surface area contributed by atoms with E-state index in [0.717, 1.165) is 0 Å². The van der Waals surface area contributed by atoms with Crippen LogP contribution in [-0.2, 0) is 11.3 Å². The molecule has 0 bridgehead atoms. The molecule has 2 N–H and O–H groups in total. The Morgan fingerprint density at radius 3 is 2.54 bits per heavy atom. The first-order chi connectivity index (χ1) is 11.1. The fourth-order valence-corrected chi connectivity index (χ4v) is 3.46. The number of hydrogen-bond donors (Lipinski definition) is 2. The van der Waals surface area contributed by atoms with Crippen LogP contribution in [0, 0.1) is 0 Å². The smallest absolute Gasteiger partial charge is 0.410 e. The molecule has 1 saturated heterocycles. The molecule has 2 heterocycles. The monoisotopic (exact) mass is 357 g/mol. The maximum Gasteiger partial charge on any atom is 0.410 e. The second-order valence-electron chi connectivity index (χ2n) is 6.69. The number of anilines is 1. The summed E-state index contributed by atoms with van der Waals surface area (Å²) in [5.74, 6) is -1.12. The van der Waals surface area contributed by atoms with Gasteiger partial charge in [0.05, 0.1) is 6.61 Å².